The summed E-state index contributed by atoms with van der Waals surface area (Å²) in [4.78, 5) is 42.5. The number of hydrogen-bond donors (Lipinski definition) is 1. The van der Waals surface area contributed by atoms with Crippen LogP contribution in [0.15, 0.2) is 24.3 Å². The number of nitrogens with zero attached hydrogens (tertiary/aromatic N) is 4. The van der Waals surface area contributed by atoms with Crippen LogP contribution in [0.3, 0.4) is 0 Å². The van der Waals surface area contributed by atoms with Crippen molar-refractivity contribution in [2.24, 2.45) is 5.92 Å². The SMILES string of the molecule is CCC(C)[C@H]1C(=O)N(CCOCl)C[C@H]2N1C(=O)CN(C)N2C(=O)NCc1ccc(F)cc1. The molecule has 11 heteroatoms. The van der Waals surface area contributed by atoms with Crippen molar-refractivity contribution in [2.75, 3.05) is 33.3 Å². The molecule has 0 aromatic heterocycles. The molecule has 2 fully saturated rings. The van der Waals surface area contributed by atoms with Gasteiger partial charge in [-0.3, -0.25) is 13.9 Å². The molecule has 32 heavy (non-hydrogen) atoms. The number of halogens is 2. The van der Waals surface area contributed by atoms with Crippen LogP contribution in [-0.2, 0) is 20.4 Å². The van der Waals surface area contributed by atoms with Gasteiger partial charge < -0.3 is 15.1 Å². The summed E-state index contributed by atoms with van der Waals surface area (Å²) in [5, 5.41) is 5.86. The molecule has 2 saturated heterocycles. The van der Waals surface area contributed by atoms with Gasteiger partial charge in [0, 0.05) is 20.1 Å². The molecule has 3 rings (SSSR count). The molecule has 1 unspecified atom stereocenters. The van der Waals surface area contributed by atoms with Crippen molar-refractivity contribution in [3.63, 3.8) is 0 Å². The molecule has 4 amide bonds. The van der Waals surface area contributed by atoms with Gasteiger partial charge in [-0.25, -0.2) is 19.2 Å². The summed E-state index contributed by atoms with van der Waals surface area (Å²) in [6.07, 6.45) is 0.0285. The Bertz CT molecular complexity index is 842. The fourth-order valence-electron chi connectivity index (χ4n) is 4.20. The van der Waals surface area contributed by atoms with Gasteiger partial charge in [0.2, 0.25) is 11.8 Å². The quantitative estimate of drug-likeness (QED) is 0.658. The van der Waals surface area contributed by atoms with Crippen molar-refractivity contribution in [2.45, 2.75) is 39.0 Å². The molecule has 1 aromatic rings. The van der Waals surface area contributed by atoms with Gasteiger partial charge in [0.1, 0.15) is 18.0 Å². The third-order valence-corrected chi connectivity index (χ3v) is 6.21. The number of amides is 4. The number of rotatable bonds is 7. The van der Waals surface area contributed by atoms with Crippen molar-refractivity contribution < 1.29 is 23.1 Å². The van der Waals surface area contributed by atoms with E-state index >= 15 is 0 Å². The molecule has 2 aliphatic heterocycles. The number of piperazine rings is 1. The van der Waals surface area contributed by atoms with E-state index in [-0.39, 0.29) is 56.3 Å². The van der Waals surface area contributed by atoms with Crippen molar-refractivity contribution in [1.82, 2.24) is 25.1 Å². The number of fused-ring (bicyclic) bond motifs is 1. The first-order chi connectivity index (χ1) is 15.3. The summed E-state index contributed by atoms with van der Waals surface area (Å²) in [7, 11) is 1.66. The van der Waals surface area contributed by atoms with Crippen molar-refractivity contribution in [3.05, 3.63) is 35.6 Å². The molecule has 3 atom stereocenters. The average molecular weight is 470 g/mol. The number of carbonyl (C=O) groups excluding carboxylic acids is 3. The highest BCUT2D eigenvalue weighted by Gasteiger charge is 2.51. The lowest BCUT2D eigenvalue weighted by atomic mass is 9.92. The lowest BCUT2D eigenvalue weighted by molar-refractivity contribution is -0.190. The monoisotopic (exact) mass is 469 g/mol. The normalized spacial score (nSPS) is 22.7. The fraction of sp³-hybridized carbons (Fsp3) is 0.571. The number of carbonyl (C=O) groups is 3. The van der Waals surface area contributed by atoms with Crippen LogP contribution in [0, 0.1) is 11.7 Å². The van der Waals surface area contributed by atoms with Crippen molar-refractivity contribution in [1.29, 1.82) is 0 Å². The van der Waals surface area contributed by atoms with E-state index in [0.717, 1.165) is 5.56 Å². The highest BCUT2D eigenvalue weighted by Crippen LogP contribution is 2.30. The summed E-state index contributed by atoms with van der Waals surface area (Å²) in [6, 6.07) is 4.76. The number of likely N-dealkylation sites (N-methyl/N-ethyl adjacent to an activating group) is 1. The molecule has 0 bridgehead atoms. The lowest BCUT2D eigenvalue weighted by Crippen LogP contribution is -2.76. The Balaban J connectivity index is 1.85. The van der Waals surface area contributed by atoms with Crippen LogP contribution >= 0.6 is 11.9 Å². The maximum Gasteiger partial charge on any atom is 0.334 e. The number of hydrazine groups is 1. The van der Waals surface area contributed by atoms with Gasteiger partial charge >= 0.3 is 6.03 Å². The Labute approximate surface area is 192 Å². The third kappa shape index (κ3) is 4.97. The topological polar surface area (TPSA) is 85.4 Å². The van der Waals surface area contributed by atoms with Gasteiger partial charge in [0.05, 0.1) is 31.6 Å². The number of urea groups is 1. The minimum absolute atomic E-state index is 0.0223. The second-order valence-corrected chi connectivity index (χ2v) is 8.37. The standard InChI is InChI=1S/C21H29ClFN5O4/c1-4-14(2)19-20(30)26(9-10-32-22)12-17-27(19)18(29)13-25(3)28(17)21(31)24-11-15-5-7-16(23)8-6-15/h5-8,14,17,19H,4,9-13H2,1-3H3,(H,24,31)/t14?,17-,19-/m0/s1. The van der Waals surface area contributed by atoms with Gasteiger partial charge in [0.15, 0.2) is 0 Å². The Morgan fingerprint density at radius 1 is 1.31 bits per heavy atom. The molecule has 1 aromatic carbocycles. The van der Waals surface area contributed by atoms with Crippen molar-refractivity contribution >= 4 is 29.7 Å². The van der Waals surface area contributed by atoms with E-state index in [1.54, 1.807) is 34.0 Å². The molecule has 0 saturated carbocycles. The summed E-state index contributed by atoms with van der Waals surface area (Å²) in [5.41, 5.74) is 0.740. The van der Waals surface area contributed by atoms with Crippen LogP contribution in [0.5, 0.6) is 0 Å². The zero-order valence-corrected chi connectivity index (χ0v) is 19.2. The van der Waals surface area contributed by atoms with Crippen LogP contribution in [0.1, 0.15) is 25.8 Å². The number of benzene rings is 1. The zero-order chi connectivity index (χ0) is 23.4. The molecule has 0 radical (unpaired) electrons. The van der Waals surface area contributed by atoms with E-state index in [1.807, 2.05) is 13.8 Å². The molecule has 0 aliphatic carbocycles. The predicted molar refractivity (Wildman–Crippen MR) is 115 cm³/mol. The summed E-state index contributed by atoms with van der Waals surface area (Å²) >= 11 is 5.36. The molecular weight excluding hydrogens is 441 g/mol. The zero-order valence-electron chi connectivity index (χ0n) is 18.5. The molecule has 2 aliphatic rings. The van der Waals surface area contributed by atoms with Crippen LogP contribution in [0.25, 0.3) is 0 Å². The van der Waals surface area contributed by atoms with Crippen LogP contribution in [0.2, 0.25) is 0 Å². The van der Waals surface area contributed by atoms with E-state index in [1.165, 1.54) is 17.1 Å². The van der Waals surface area contributed by atoms with Gasteiger partial charge in [0.25, 0.3) is 0 Å². The van der Waals surface area contributed by atoms with Gasteiger partial charge in [-0.05, 0) is 23.6 Å². The summed E-state index contributed by atoms with van der Waals surface area (Å²) < 4.78 is 17.8. The van der Waals surface area contributed by atoms with Crippen molar-refractivity contribution in [3.8, 4) is 0 Å². The van der Waals surface area contributed by atoms with Crippen LogP contribution in [0.4, 0.5) is 9.18 Å². The second-order valence-electron chi connectivity index (χ2n) is 8.15. The van der Waals surface area contributed by atoms with E-state index in [0.29, 0.717) is 6.42 Å². The fourth-order valence-corrected chi connectivity index (χ4v) is 4.27. The summed E-state index contributed by atoms with van der Waals surface area (Å²) in [6.45, 7) is 4.59. The lowest BCUT2D eigenvalue weighted by Gasteiger charge is -2.55. The van der Waals surface area contributed by atoms with Gasteiger partial charge in [-0.2, -0.15) is 0 Å². The van der Waals surface area contributed by atoms with Gasteiger partial charge in [-0.15, -0.1) is 0 Å². The number of nitrogens with one attached hydrogen (secondary N) is 1. The second kappa shape index (κ2) is 10.5. The van der Waals surface area contributed by atoms with Crippen LogP contribution in [-0.4, -0.2) is 83.2 Å². The first-order valence-electron chi connectivity index (χ1n) is 10.6. The third-order valence-electron chi connectivity index (χ3n) is 6.06. The van der Waals surface area contributed by atoms with Crippen LogP contribution < -0.4 is 5.32 Å². The maximum absolute atomic E-state index is 13.2. The number of hydrogen-bond acceptors (Lipinski definition) is 5. The first kappa shape index (κ1) is 24.2. The first-order valence-corrected chi connectivity index (χ1v) is 10.9. The minimum atomic E-state index is -0.678. The maximum atomic E-state index is 13.2. The van der Waals surface area contributed by atoms with Gasteiger partial charge in [-0.1, -0.05) is 32.4 Å². The highest BCUT2D eigenvalue weighted by atomic mass is 35.5. The smallest absolute Gasteiger partial charge is 0.334 e. The molecule has 2 heterocycles. The Kier molecular flexibility index (Phi) is 7.91. The Morgan fingerprint density at radius 2 is 2.00 bits per heavy atom. The summed E-state index contributed by atoms with van der Waals surface area (Å²) in [5.74, 6) is -0.823. The molecular formula is C21H29ClFN5O4. The molecule has 0 spiro atoms. The van der Waals surface area contributed by atoms with E-state index in [4.69, 9.17) is 11.9 Å². The Hall–Kier alpha value is -2.43. The highest BCUT2D eigenvalue weighted by molar-refractivity contribution is 6.07. The molecule has 1 N–H and O–H groups in total. The largest absolute Gasteiger partial charge is 0.334 e. The van der Waals surface area contributed by atoms with E-state index in [2.05, 4.69) is 9.61 Å². The minimum Gasteiger partial charge on any atom is -0.334 e. The average Bonchev–Trinajstić information content (AvgIpc) is 2.77. The predicted octanol–water partition coefficient (Wildman–Crippen LogP) is 1.78. The van der Waals surface area contributed by atoms with E-state index < -0.39 is 18.2 Å². The molecule has 176 valence electrons. The molecule has 9 nitrogen and oxygen atoms in total. The Morgan fingerprint density at radius 3 is 2.62 bits per heavy atom. The van der Waals surface area contributed by atoms with E-state index in [9.17, 15) is 18.8 Å².